The second-order valence-electron chi connectivity index (χ2n) is 10.2. The molecular formula is C26H31F5N8O. The van der Waals surface area contributed by atoms with Crippen LogP contribution in [0.4, 0.5) is 39.4 Å². The first-order valence-corrected chi connectivity index (χ1v) is 13.1. The first kappa shape index (κ1) is 28.0. The van der Waals surface area contributed by atoms with Crippen molar-refractivity contribution in [1.82, 2.24) is 25.2 Å². The molecule has 4 heterocycles. The number of nitrogens with zero attached hydrogens (tertiary/aromatic N) is 5. The minimum absolute atomic E-state index is 0.115. The van der Waals surface area contributed by atoms with Crippen molar-refractivity contribution in [3.05, 3.63) is 28.8 Å². The summed E-state index contributed by atoms with van der Waals surface area (Å²) in [6, 6.07) is 0.758. The fourth-order valence-corrected chi connectivity index (χ4v) is 5.11. The molecule has 0 bridgehead atoms. The number of nitrogen functional groups attached to an aromatic ring is 1. The number of benzene rings is 1. The van der Waals surface area contributed by atoms with Crippen LogP contribution in [0.1, 0.15) is 30.9 Å². The van der Waals surface area contributed by atoms with Gasteiger partial charge in [-0.05, 0) is 51.9 Å². The topological polar surface area (TPSA) is 104 Å². The van der Waals surface area contributed by atoms with Crippen LogP contribution in [0.25, 0.3) is 22.2 Å². The predicted molar refractivity (Wildman–Crippen MR) is 142 cm³/mol. The predicted octanol–water partition coefficient (Wildman–Crippen LogP) is 4.15. The fourth-order valence-electron chi connectivity index (χ4n) is 5.11. The molecule has 14 heteroatoms. The van der Waals surface area contributed by atoms with Gasteiger partial charge in [-0.2, -0.15) is 18.2 Å². The summed E-state index contributed by atoms with van der Waals surface area (Å²) >= 11 is 0. The van der Waals surface area contributed by atoms with Crippen molar-refractivity contribution in [1.29, 1.82) is 0 Å². The number of rotatable bonds is 2. The Balaban J connectivity index is 1.83. The quantitative estimate of drug-likeness (QED) is 0.312. The molecule has 0 aliphatic carbocycles. The van der Waals surface area contributed by atoms with E-state index < -0.39 is 52.0 Å². The van der Waals surface area contributed by atoms with Crippen molar-refractivity contribution in [3.8, 4) is 17.1 Å². The molecule has 0 unspecified atom stereocenters. The zero-order chi connectivity index (χ0) is 28.8. The smallest absolute Gasteiger partial charge is 0.417 e. The van der Waals surface area contributed by atoms with Gasteiger partial charge in [-0.1, -0.05) is 0 Å². The van der Waals surface area contributed by atoms with E-state index >= 15 is 4.39 Å². The number of nitrogens with two attached hydrogens (primary N) is 1. The molecule has 40 heavy (non-hydrogen) atoms. The molecule has 2 aromatic heterocycles. The van der Waals surface area contributed by atoms with Crippen molar-refractivity contribution < 1.29 is 26.7 Å². The summed E-state index contributed by atoms with van der Waals surface area (Å²) in [5, 5.41) is 6.58. The Bertz CT molecular complexity index is 1430. The third kappa shape index (κ3) is 5.29. The molecule has 2 aliphatic rings. The lowest BCUT2D eigenvalue weighted by molar-refractivity contribution is -0.137. The second kappa shape index (κ2) is 10.8. The lowest BCUT2D eigenvalue weighted by atomic mass is 9.96. The molecule has 2 aliphatic heterocycles. The van der Waals surface area contributed by atoms with Gasteiger partial charge in [0.25, 0.3) is 0 Å². The van der Waals surface area contributed by atoms with Gasteiger partial charge in [-0.25, -0.2) is 18.7 Å². The summed E-state index contributed by atoms with van der Waals surface area (Å²) in [7, 11) is 1.93. The first-order chi connectivity index (χ1) is 19.0. The maximum absolute atomic E-state index is 16.4. The highest BCUT2D eigenvalue weighted by molar-refractivity contribution is 5.97. The number of nitrogens with one attached hydrogen (secondary N) is 2. The summed E-state index contributed by atoms with van der Waals surface area (Å²) in [5.41, 5.74) is 1.41. The molecule has 1 atom stereocenters. The average molecular weight is 567 g/mol. The highest BCUT2D eigenvalue weighted by atomic mass is 19.4. The van der Waals surface area contributed by atoms with Gasteiger partial charge >= 0.3 is 6.18 Å². The lowest BCUT2D eigenvalue weighted by Gasteiger charge is -2.33. The van der Waals surface area contributed by atoms with E-state index in [0.29, 0.717) is 39.3 Å². The maximum atomic E-state index is 16.4. The van der Waals surface area contributed by atoms with Crippen LogP contribution < -0.4 is 26.0 Å². The highest BCUT2D eigenvalue weighted by Crippen LogP contribution is 2.44. The number of aromatic nitrogens is 3. The minimum Gasteiger partial charge on any atom is -0.474 e. The molecule has 1 saturated heterocycles. The van der Waals surface area contributed by atoms with Crippen LogP contribution in [-0.2, 0) is 6.18 Å². The monoisotopic (exact) mass is 566 g/mol. The van der Waals surface area contributed by atoms with E-state index in [-0.39, 0.29) is 28.5 Å². The molecule has 9 nitrogen and oxygen atoms in total. The number of ether oxygens (including phenoxy) is 1. The molecule has 1 aromatic carbocycles. The molecule has 3 aromatic rings. The number of hydrogen-bond acceptors (Lipinski definition) is 9. The molecule has 4 N–H and O–H groups in total. The van der Waals surface area contributed by atoms with Crippen molar-refractivity contribution >= 4 is 28.4 Å². The Morgan fingerprint density at radius 3 is 2.58 bits per heavy atom. The second-order valence-corrected chi connectivity index (χ2v) is 10.2. The Morgan fingerprint density at radius 1 is 1.07 bits per heavy atom. The Labute approximate surface area is 227 Å². The van der Waals surface area contributed by atoms with Crippen molar-refractivity contribution in [2.45, 2.75) is 39.0 Å². The van der Waals surface area contributed by atoms with Crippen molar-refractivity contribution in [3.63, 3.8) is 0 Å². The molecule has 1 fully saturated rings. The number of halogens is 5. The van der Waals surface area contributed by atoms with Crippen LogP contribution in [0.5, 0.6) is 5.88 Å². The summed E-state index contributed by atoms with van der Waals surface area (Å²) in [5.74, 6) is -2.00. The summed E-state index contributed by atoms with van der Waals surface area (Å²) < 4.78 is 79.8. The number of alkyl halides is 3. The zero-order valence-corrected chi connectivity index (χ0v) is 22.4. The van der Waals surface area contributed by atoms with Gasteiger partial charge in [0.1, 0.15) is 28.2 Å². The van der Waals surface area contributed by atoms with E-state index in [1.807, 2.05) is 11.9 Å². The summed E-state index contributed by atoms with van der Waals surface area (Å²) in [4.78, 5) is 17.4. The van der Waals surface area contributed by atoms with Gasteiger partial charge in [0, 0.05) is 31.7 Å². The van der Waals surface area contributed by atoms with E-state index in [1.165, 1.54) is 0 Å². The lowest BCUT2D eigenvalue weighted by Crippen LogP contribution is -2.43. The Morgan fingerprint density at radius 2 is 1.85 bits per heavy atom. The van der Waals surface area contributed by atoms with Gasteiger partial charge in [-0.15, -0.1) is 0 Å². The van der Waals surface area contributed by atoms with Crippen molar-refractivity contribution in [2.24, 2.45) is 0 Å². The standard InChI is InChI=1S/C26H31F5N8O/c1-13-5-6-33-7-8-34-23-17-22(36-25(37-23)39-10-4-9-38(3)12-39)20(28)21(35-24(17)40-13)15-11-16(32)19(27)14(2)18(15)26(29,30)31/h11,13,33H,4-10,12,32H2,1-3H3,(H,34,36,37)/t13-/m0/s1. The largest absolute Gasteiger partial charge is 0.474 e. The van der Waals surface area contributed by atoms with Gasteiger partial charge < -0.3 is 26.0 Å². The van der Waals surface area contributed by atoms with E-state index in [0.717, 1.165) is 26.0 Å². The zero-order valence-electron chi connectivity index (χ0n) is 22.4. The molecule has 5 rings (SSSR count). The number of pyridine rings is 1. The van der Waals surface area contributed by atoms with Gasteiger partial charge in [0.15, 0.2) is 5.82 Å². The Kier molecular flexibility index (Phi) is 7.57. The Hall–Kier alpha value is -3.52. The van der Waals surface area contributed by atoms with Crippen molar-refractivity contribution in [2.75, 3.05) is 62.4 Å². The molecule has 0 radical (unpaired) electrons. The first-order valence-electron chi connectivity index (χ1n) is 13.1. The number of anilines is 3. The van der Waals surface area contributed by atoms with E-state index in [2.05, 4.69) is 30.5 Å². The molecule has 216 valence electrons. The van der Waals surface area contributed by atoms with E-state index in [9.17, 15) is 17.6 Å². The fraction of sp³-hybridized carbons (Fsp3) is 0.500. The molecule has 0 spiro atoms. The van der Waals surface area contributed by atoms with Crippen LogP contribution in [0.3, 0.4) is 0 Å². The van der Waals surface area contributed by atoms with E-state index in [1.54, 1.807) is 6.92 Å². The van der Waals surface area contributed by atoms with Gasteiger partial charge in [0.2, 0.25) is 11.8 Å². The minimum atomic E-state index is -5.02. The molecule has 0 saturated carbocycles. The maximum Gasteiger partial charge on any atom is 0.417 e. The SMILES string of the molecule is Cc1c(F)c(N)cc(-c2nc3c4c(nc(N5CCCN(C)C5)nc4c2F)NCCNCC[C@H](C)O3)c1C(F)(F)F. The normalized spacial score (nSPS) is 19.2. The summed E-state index contributed by atoms with van der Waals surface area (Å²) in [6.07, 6.45) is -4.06. The molecule has 0 amide bonds. The van der Waals surface area contributed by atoms with Crippen LogP contribution >= 0.6 is 0 Å². The molecular weight excluding hydrogens is 535 g/mol. The van der Waals surface area contributed by atoms with E-state index in [4.69, 9.17) is 10.5 Å². The third-order valence-electron chi connectivity index (χ3n) is 7.10. The number of hydrogen-bond donors (Lipinski definition) is 3. The summed E-state index contributed by atoms with van der Waals surface area (Å²) in [6.45, 7) is 6.34. The van der Waals surface area contributed by atoms with Crippen LogP contribution in [0, 0.1) is 18.6 Å². The van der Waals surface area contributed by atoms with Gasteiger partial charge in [-0.3, -0.25) is 4.90 Å². The average Bonchev–Trinajstić information content (AvgIpc) is 2.92. The van der Waals surface area contributed by atoms with Crippen LogP contribution in [0.15, 0.2) is 6.07 Å². The third-order valence-corrected chi connectivity index (χ3v) is 7.10. The highest BCUT2D eigenvalue weighted by Gasteiger charge is 2.39. The van der Waals surface area contributed by atoms with Crippen LogP contribution in [0.2, 0.25) is 0 Å². The van der Waals surface area contributed by atoms with Crippen LogP contribution in [-0.4, -0.2) is 72.4 Å². The van der Waals surface area contributed by atoms with Gasteiger partial charge in [0.05, 0.1) is 24.0 Å².